The highest BCUT2D eigenvalue weighted by molar-refractivity contribution is 7.46. The van der Waals surface area contributed by atoms with Crippen LogP contribution in [0.4, 0.5) is 0 Å². The van der Waals surface area contributed by atoms with Gasteiger partial charge in [0.1, 0.15) is 5.75 Å². The highest BCUT2D eigenvalue weighted by Gasteiger charge is 2.10. The maximum absolute atomic E-state index is 9.70. The van der Waals surface area contributed by atoms with E-state index in [-0.39, 0.29) is 6.61 Å². The van der Waals surface area contributed by atoms with Gasteiger partial charge < -0.3 is 14.5 Å². The summed E-state index contributed by atoms with van der Waals surface area (Å²) < 4.78 is 19.2. The fourth-order valence-electron chi connectivity index (χ4n) is 1.93. The summed E-state index contributed by atoms with van der Waals surface area (Å²) in [6.45, 7) is 4.68. The van der Waals surface area contributed by atoms with Crippen molar-refractivity contribution in [2.45, 2.75) is 58.8 Å². The lowest BCUT2D eigenvalue weighted by molar-refractivity contribution is 0.206. The van der Waals surface area contributed by atoms with Crippen molar-refractivity contribution < 1.29 is 23.6 Å². The van der Waals surface area contributed by atoms with Crippen LogP contribution in [0.1, 0.15) is 58.8 Å². The first-order valence-corrected chi connectivity index (χ1v) is 9.90. The zero-order chi connectivity index (χ0) is 17.4. The molecule has 6 heteroatoms. The Hall–Kier alpha value is -0.870. The molecular formula is C17H31O5P. The maximum Gasteiger partial charge on any atom is 0.469 e. The second-order valence-corrected chi connectivity index (χ2v) is 6.43. The Bertz CT molecular complexity index is 405. The number of hydrogen-bond donors (Lipinski definition) is 2. The van der Waals surface area contributed by atoms with Crippen LogP contribution in [0.3, 0.4) is 0 Å². The third-order valence-corrected chi connectivity index (χ3v) is 3.65. The molecule has 134 valence electrons. The SMILES string of the molecule is CCCCCCCCCOc1ccccc1.CCOP(=O)(O)O. The Kier molecular flexibility index (Phi) is 14.1. The quantitative estimate of drug-likeness (QED) is 0.439. The van der Waals surface area contributed by atoms with E-state index in [1.807, 2.05) is 30.3 Å². The van der Waals surface area contributed by atoms with Gasteiger partial charge in [-0.05, 0) is 25.5 Å². The summed E-state index contributed by atoms with van der Waals surface area (Å²) in [5.41, 5.74) is 0. The molecule has 0 radical (unpaired) electrons. The average molecular weight is 346 g/mol. The van der Waals surface area contributed by atoms with E-state index in [2.05, 4.69) is 11.4 Å². The van der Waals surface area contributed by atoms with Crippen molar-refractivity contribution in [2.75, 3.05) is 13.2 Å². The molecule has 0 heterocycles. The molecule has 1 rings (SSSR count). The molecule has 0 aliphatic carbocycles. The van der Waals surface area contributed by atoms with Crippen molar-refractivity contribution in [3.8, 4) is 5.75 Å². The van der Waals surface area contributed by atoms with Crippen molar-refractivity contribution in [1.82, 2.24) is 0 Å². The summed E-state index contributed by atoms with van der Waals surface area (Å²) in [6, 6.07) is 10.1. The van der Waals surface area contributed by atoms with E-state index >= 15 is 0 Å². The van der Waals surface area contributed by atoms with Crippen LogP contribution in [0.2, 0.25) is 0 Å². The van der Waals surface area contributed by atoms with E-state index in [9.17, 15) is 4.57 Å². The lowest BCUT2D eigenvalue weighted by atomic mass is 10.1. The third-order valence-electron chi connectivity index (χ3n) is 3.06. The summed E-state index contributed by atoms with van der Waals surface area (Å²) in [5, 5.41) is 0. The molecule has 2 N–H and O–H groups in total. The molecule has 0 bridgehead atoms. The molecule has 0 amide bonds. The molecule has 23 heavy (non-hydrogen) atoms. The molecule has 1 aromatic carbocycles. The van der Waals surface area contributed by atoms with Crippen LogP contribution in [-0.4, -0.2) is 23.0 Å². The van der Waals surface area contributed by atoms with Gasteiger partial charge in [-0.3, -0.25) is 4.52 Å². The second-order valence-electron chi connectivity index (χ2n) is 5.19. The Morgan fingerprint density at radius 2 is 1.48 bits per heavy atom. The minimum absolute atomic E-state index is 0.0459. The highest BCUT2D eigenvalue weighted by atomic mass is 31.2. The monoisotopic (exact) mass is 346 g/mol. The Morgan fingerprint density at radius 3 is 1.96 bits per heavy atom. The summed E-state index contributed by atoms with van der Waals surface area (Å²) in [5.74, 6) is 0.994. The minimum atomic E-state index is -4.17. The van der Waals surface area contributed by atoms with Crippen LogP contribution in [0.5, 0.6) is 5.75 Å². The van der Waals surface area contributed by atoms with Gasteiger partial charge in [-0.15, -0.1) is 0 Å². The molecule has 0 atom stereocenters. The van der Waals surface area contributed by atoms with E-state index in [1.54, 1.807) is 0 Å². The first-order chi connectivity index (χ1) is 11.0. The van der Waals surface area contributed by atoms with Crippen molar-refractivity contribution in [2.24, 2.45) is 0 Å². The minimum Gasteiger partial charge on any atom is -0.494 e. The molecule has 1 aromatic rings. The van der Waals surface area contributed by atoms with Crippen LogP contribution in [0, 0.1) is 0 Å². The van der Waals surface area contributed by atoms with Gasteiger partial charge in [0.15, 0.2) is 0 Å². The molecular weight excluding hydrogens is 315 g/mol. The first kappa shape index (κ1) is 22.1. The number of rotatable bonds is 11. The fourth-order valence-corrected chi connectivity index (χ4v) is 2.27. The van der Waals surface area contributed by atoms with Gasteiger partial charge >= 0.3 is 7.82 Å². The number of para-hydroxylation sites is 1. The number of ether oxygens (including phenoxy) is 1. The zero-order valence-electron chi connectivity index (χ0n) is 14.3. The van der Waals surface area contributed by atoms with Gasteiger partial charge in [-0.1, -0.05) is 63.6 Å². The summed E-state index contributed by atoms with van der Waals surface area (Å²) in [4.78, 5) is 15.8. The number of unbranched alkanes of at least 4 members (excludes halogenated alkanes) is 6. The Labute approximate surface area is 140 Å². The van der Waals surface area contributed by atoms with Gasteiger partial charge in [-0.2, -0.15) is 0 Å². The fraction of sp³-hybridized carbons (Fsp3) is 0.647. The van der Waals surface area contributed by atoms with Gasteiger partial charge in [0.2, 0.25) is 0 Å². The largest absolute Gasteiger partial charge is 0.494 e. The maximum atomic E-state index is 9.70. The normalized spacial score (nSPS) is 10.8. The lowest BCUT2D eigenvalue weighted by Gasteiger charge is -2.05. The topological polar surface area (TPSA) is 76.0 Å². The summed E-state index contributed by atoms with van der Waals surface area (Å²) >= 11 is 0. The molecule has 0 unspecified atom stereocenters. The lowest BCUT2D eigenvalue weighted by Crippen LogP contribution is -1.96. The predicted molar refractivity (Wildman–Crippen MR) is 93.6 cm³/mol. The van der Waals surface area contributed by atoms with E-state index in [4.69, 9.17) is 14.5 Å². The van der Waals surface area contributed by atoms with Gasteiger partial charge in [0, 0.05) is 0 Å². The molecule has 0 aromatic heterocycles. The molecule has 0 spiro atoms. The molecule has 0 fully saturated rings. The van der Waals surface area contributed by atoms with Crippen molar-refractivity contribution in [3.63, 3.8) is 0 Å². The molecule has 0 saturated heterocycles. The molecule has 5 nitrogen and oxygen atoms in total. The average Bonchev–Trinajstić information content (AvgIpc) is 2.50. The van der Waals surface area contributed by atoms with Crippen molar-refractivity contribution >= 4 is 7.82 Å². The molecule has 0 saturated carbocycles. The van der Waals surface area contributed by atoms with E-state index in [0.29, 0.717) is 0 Å². The van der Waals surface area contributed by atoms with E-state index in [0.717, 1.165) is 12.4 Å². The van der Waals surface area contributed by atoms with Crippen LogP contribution in [0.15, 0.2) is 30.3 Å². The number of phosphoric ester groups is 1. The smallest absolute Gasteiger partial charge is 0.469 e. The summed E-state index contributed by atoms with van der Waals surface area (Å²) in [7, 11) is -4.17. The highest BCUT2D eigenvalue weighted by Crippen LogP contribution is 2.34. The molecule has 0 aliphatic heterocycles. The number of hydrogen-bond acceptors (Lipinski definition) is 3. The van der Waals surface area contributed by atoms with E-state index < -0.39 is 7.82 Å². The third kappa shape index (κ3) is 17.3. The van der Waals surface area contributed by atoms with Crippen LogP contribution in [0.25, 0.3) is 0 Å². The number of phosphoric acid groups is 1. The summed E-state index contributed by atoms with van der Waals surface area (Å²) in [6.07, 6.45) is 9.35. The Morgan fingerprint density at radius 1 is 0.913 bits per heavy atom. The van der Waals surface area contributed by atoms with Crippen LogP contribution < -0.4 is 4.74 Å². The van der Waals surface area contributed by atoms with Crippen LogP contribution >= 0.6 is 7.82 Å². The first-order valence-electron chi connectivity index (χ1n) is 8.37. The van der Waals surface area contributed by atoms with Gasteiger partial charge in [-0.25, -0.2) is 4.57 Å². The molecule has 0 aliphatic rings. The zero-order valence-corrected chi connectivity index (χ0v) is 15.2. The standard InChI is InChI=1S/C15H24O.C2H7O4P/c1-2-3-4-5-6-7-11-14-16-15-12-9-8-10-13-15;1-2-6-7(3,4)5/h8-10,12-13H,2-7,11,14H2,1H3;2H2,1H3,(H2,3,4,5). The predicted octanol–water partition coefficient (Wildman–Crippen LogP) is 4.93. The van der Waals surface area contributed by atoms with Gasteiger partial charge in [0.25, 0.3) is 0 Å². The van der Waals surface area contributed by atoms with Gasteiger partial charge in [0.05, 0.1) is 13.2 Å². The Balaban J connectivity index is 0.000000585. The number of benzene rings is 1. The van der Waals surface area contributed by atoms with E-state index in [1.165, 1.54) is 51.9 Å². The van der Waals surface area contributed by atoms with Crippen LogP contribution in [-0.2, 0) is 9.09 Å². The second kappa shape index (κ2) is 14.7. The van der Waals surface area contributed by atoms with Crippen molar-refractivity contribution in [1.29, 1.82) is 0 Å². The van der Waals surface area contributed by atoms with Crippen molar-refractivity contribution in [3.05, 3.63) is 30.3 Å².